The second-order valence-electron chi connectivity index (χ2n) is 2.66. The van der Waals surface area contributed by atoms with E-state index in [1.807, 2.05) is 6.92 Å². The smallest absolute Gasteiger partial charge is 0.137 e. The van der Waals surface area contributed by atoms with E-state index in [0.717, 1.165) is 25.9 Å². The number of hydrogen-bond acceptors (Lipinski definition) is 2. The zero-order chi connectivity index (χ0) is 6.69. The molecule has 2 nitrogen and oxygen atoms in total. The topological polar surface area (TPSA) is 29.1 Å². The van der Waals surface area contributed by atoms with Crippen LogP contribution in [0, 0.1) is 5.92 Å². The molecule has 0 saturated carbocycles. The Kier molecular flexibility index (Phi) is 4.65. The van der Waals surface area contributed by atoms with Crippen LogP contribution in [0.15, 0.2) is 0 Å². The van der Waals surface area contributed by atoms with Crippen molar-refractivity contribution >= 4 is 18.2 Å². The molecule has 0 aromatic carbocycles. The molecule has 1 rings (SSSR count). The lowest BCUT2D eigenvalue weighted by Crippen LogP contribution is -2.13. The third kappa shape index (κ3) is 2.67. The highest BCUT2D eigenvalue weighted by atomic mass is 35.5. The fourth-order valence-electron chi connectivity index (χ4n) is 1.06. The molecule has 1 aliphatic rings. The molecule has 0 aromatic heterocycles. The quantitative estimate of drug-likeness (QED) is 0.577. The van der Waals surface area contributed by atoms with Crippen LogP contribution in [0.4, 0.5) is 0 Å². The van der Waals surface area contributed by atoms with E-state index in [1.165, 1.54) is 0 Å². The first-order valence-corrected chi connectivity index (χ1v) is 3.54. The summed E-state index contributed by atoms with van der Waals surface area (Å²) in [5, 5.41) is 3.19. The van der Waals surface area contributed by atoms with Gasteiger partial charge in [0.25, 0.3) is 0 Å². The standard InChI is InChI=1S/C7H13NO.ClH/c1-6-2-4-8-5-3-7(6)9;/h6,8H,2-5H2,1H3;1H. The summed E-state index contributed by atoms with van der Waals surface area (Å²) < 4.78 is 0. The van der Waals surface area contributed by atoms with Gasteiger partial charge in [-0.2, -0.15) is 0 Å². The summed E-state index contributed by atoms with van der Waals surface area (Å²) in [5.41, 5.74) is 0. The summed E-state index contributed by atoms with van der Waals surface area (Å²) in [7, 11) is 0. The van der Waals surface area contributed by atoms with Gasteiger partial charge in [-0.3, -0.25) is 4.79 Å². The molecule has 10 heavy (non-hydrogen) atoms. The third-order valence-electron chi connectivity index (χ3n) is 1.85. The first-order valence-electron chi connectivity index (χ1n) is 3.54. The molecule has 60 valence electrons. The van der Waals surface area contributed by atoms with Crippen LogP contribution in [-0.2, 0) is 4.79 Å². The van der Waals surface area contributed by atoms with Gasteiger partial charge in [-0.25, -0.2) is 0 Å². The van der Waals surface area contributed by atoms with Crippen LogP contribution in [0.2, 0.25) is 0 Å². The van der Waals surface area contributed by atoms with E-state index in [0.29, 0.717) is 11.7 Å². The van der Waals surface area contributed by atoms with Crippen LogP contribution in [0.5, 0.6) is 0 Å². The van der Waals surface area contributed by atoms with Crippen molar-refractivity contribution in [2.45, 2.75) is 19.8 Å². The van der Waals surface area contributed by atoms with E-state index in [2.05, 4.69) is 5.32 Å². The van der Waals surface area contributed by atoms with Crippen molar-refractivity contribution in [1.82, 2.24) is 5.32 Å². The summed E-state index contributed by atoms with van der Waals surface area (Å²) in [6.07, 6.45) is 1.74. The minimum atomic E-state index is 0. The number of carbonyl (C=O) groups is 1. The van der Waals surface area contributed by atoms with E-state index in [-0.39, 0.29) is 12.4 Å². The Morgan fingerprint density at radius 2 is 2.20 bits per heavy atom. The summed E-state index contributed by atoms with van der Waals surface area (Å²) in [5.74, 6) is 0.708. The van der Waals surface area contributed by atoms with E-state index < -0.39 is 0 Å². The van der Waals surface area contributed by atoms with Crippen LogP contribution in [-0.4, -0.2) is 18.9 Å². The Balaban J connectivity index is 0.000000810. The van der Waals surface area contributed by atoms with Crippen molar-refractivity contribution < 1.29 is 4.79 Å². The molecule has 1 aliphatic heterocycles. The van der Waals surface area contributed by atoms with Crippen LogP contribution < -0.4 is 5.32 Å². The number of halogens is 1. The van der Waals surface area contributed by atoms with Crippen LogP contribution in [0.1, 0.15) is 19.8 Å². The van der Waals surface area contributed by atoms with Crippen molar-refractivity contribution in [1.29, 1.82) is 0 Å². The largest absolute Gasteiger partial charge is 0.316 e. The van der Waals surface area contributed by atoms with E-state index >= 15 is 0 Å². The Bertz CT molecular complexity index is 116. The maximum Gasteiger partial charge on any atom is 0.137 e. The highest BCUT2D eigenvalue weighted by molar-refractivity contribution is 5.85. The predicted octanol–water partition coefficient (Wildman–Crippen LogP) is 0.997. The SMILES string of the molecule is CC1CCNCCC1=O.Cl. The maximum absolute atomic E-state index is 11.0. The predicted molar refractivity (Wildman–Crippen MR) is 43.5 cm³/mol. The minimum absolute atomic E-state index is 0. The molecule has 0 aromatic rings. The zero-order valence-electron chi connectivity index (χ0n) is 6.22. The Hall–Kier alpha value is -0.0800. The van der Waals surface area contributed by atoms with Crippen molar-refractivity contribution in [2.24, 2.45) is 5.92 Å². The highest BCUT2D eigenvalue weighted by Gasteiger charge is 2.14. The van der Waals surface area contributed by atoms with E-state index in [1.54, 1.807) is 0 Å². The molecule has 1 unspecified atom stereocenters. The van der Waals surface area contributed by atoms with Gasteiger partial charge in [-0.1, -0.05) is 6.92 Å². The fourth-order valence-corrected chi connectivity index (χ4v) is 1.06. The molecular formula is C7H14ClNO. The first-order chi connectivity index (χ1) is 4.30. The van der Waals surface area contributed by atoms with Crippen molar-refractivity contribution in [3.63, 3.8) is 0 Å². The van der Waals surface area contributed by atoms with Gasteiger partial charge in [0.2, 0.25) is 0 Å². The summed E-state index contributed by atoms with van der Waals surface area (Å²) in [6, 6.07) is 0. The van der Waals surface area contributed by atoms with Gasteiger partial charge < -0.3 is 5.32 Å². The molecule has 1 atom stereocenters. The van der Waals surface area contributed by atoms with E-state index in [4.69, 9.17) is 0 Å². The van der Waals surface area contributed by atoms with Gasteiger partial charge in [0.05, 0.1) is 0 Å². The van der Waals surface area contributed by atoms with Gasteiger partial charge in [0.15, 0.2) is 0 Å². The summed E-state index contributed by atoms with van der Waals surface area (Å²) in [6.45, 7) is 3.89. The highest BCUT2D eigenvalue weighted by Crippen LogP contribution is 2.07. The number of hydrogen-bond donors (Lipinski definition) is 1. The van der Waals surface area contributed by atoms with Crippen LogP contribution in [0.3, 0.4) is 0 Å². The van der Waals surface area contributed by atoms with Crippen molar-refractivity contribution in [3.05, 3.63) is 0 Å². The molecule has 1 fully saturated rings. The van der Waals surface area contributed by atoms with Gasteiger partial charge >= 0.3 is 0 Å². The lowest BCUT2D eigenvalue weighted by atomic mass is 10.0. The molecule has 3 heteroatoms. The molecule has 0 amide bonds. The molecule has 0 bridgehead atoms. The molecule has 1 saturated heterocycles. The van der Waals surface area contributed by atoms with Gasteiger partial charge in [-0.15, -0.1) is 12.4 Å². The van der Waals surface area contributed by atoms with Crippen LogP contribution >= 0.6 is 12.4 Å². The molecule has 1 N–H and O–H groups in total. The Labute approximate surface area is 67.8 Å². The number of rotatable bonds is 0. The van der Waals surface area contributed by atoms with Crippen LogP contribution in [0.25, 0.3) is 0 Å². The number of nitrogens with one attached hydrogen (secondary N) is 1. The lowest BCUT2D eigenvalue weighted by Gasteiger charge is -2.01. The number of ketones is 1. The molecular weight excluding hydrogens is 150 g/mol. The second kappa shape index (κ2) is 4.69. The zero-order valence-corrected chi connectivity index (χ0v) is 7.04. The van der Waals surface area contributed by atoms with Gasteiger partial charge in [0.1, 0.15) is 5.78 Å². The van der Waals surface area contributed by atoms with Crippen molar-refractivity contribution in [3.8, 4) is 0 Å². The van der Waals surface area contributed by atoms with Gasteiger partial charge in [-0.05, 0) is 13.0 Å². The molecule has 0 spiro atoms. The Morgan fingerprint density at radius 1 is 1.50 bits per heavy atom. The van der Waals surface area contributed by atoms with Crippen molar-refractivity contribution in [2.75, 3.05) is 13.1 Å². The monoisotopic (exact) mass is 163 g/mol. The third-order valence-corrected chi connectivity index (χ3v) is 1.85. The van der Waals surface area contributed by atoms with Gasteiger partial charge in [0, 0.05) is 18.9 Å². The Morgan fingerprint density at radius 3 is 2.90 bits per heavy atom. The fraction of sp³-hybridized carbons (Fsp3) is 0.857. The first kappa shape index (κ1) is 9.92. The maximum atomic E-state index is 11.0. The molecule has 0 radical (unpaired) electrons. The average molecular weight is 164 g/mol. The average Bonchev–Trinajstić information content (AvgIpc) is 1.99. The normalized spacial score (nSPS) is 26.9. The minimum Gasteiger partial charge on any atom is -0.316 e. The van der Waals surface area contributed by atoms with E-state index in [9.17, 15) is 4.79 Å². The number of Topliss-reactive ketones (excluding diaryl/α,β-unsaturated/α-hetero) is 1. The second-order valence-corrected chi connectivity index (χ2v) is 2.66. The summed E-state index contributed by atoms with van der Waals surface area (Å²) >= 11 is 0. The molecule has 0 aliphatic carbocycles. The lowest BCUT2D eigenvalue weighted by molar-refractivity contribution is -0.121. The summed E-state index contributed by atoms with van der Waals surface area (Å²) in [4.78, 5) is 11.0. The molecule has 1 heterocycles. The number of carbonyl (C=O) groups excluding carboxylic acids is 1.